The molecule has 1 aliphatic heterocycles. The van der Waals surface area contributed by atoms with Crippen LogP contribution in [0.1, 0.15) is 11.6 Å². The number of phenols is 1. The highest BCUT2D eigenvalue weighted by Crippen LogP contribution is 2.47. The van der Waals surface area contributed by atoms with Gasteiger partial charge in [-0.25, -0.2) is 0 Å². The minimum absolute atomic E-state index is 0. The fourth-order valence-corrected chi connectivity index (χ4v) is 2.69. The molecule has 132 valence electrons. The summed E-state index contributed by atoms with van der Waals surface area (Å²) in [6.45, 7) is 1.49. The van der Waals surface area contributed by atoms with Crippen LogP contribution in [0.3, 0.4) is 0 Å². The van der Waals surface area contributed by atoms with Crippen LogP contribution in [0.25, 0.3) is 0 Å². The van der Waals surface area contributed by atoms with Crippen LogP contribution in [-0.4, -0.2) is 56.6 Å². The third-order valence-corrected chi connectivity index (χ3v) is 3.63. The molecule has 2 rings (SSSR count). The van der Waals surface area contributed by atoms with Crippen molar-refractivity contribution < 1.29 is 27.8 Å². The third-order valence-electron chi connectivity index (χ3n) is 3.63. The summed E-state index contributed by atoms with van der Waals surface area (Å²) in [5.74, 6) is -0.297. The van der Waals surface area contributed by atoms with Crippen molar-refractivity contribution in [3.63, 3.8) is 0 Å². The summed E-state index contributed by atoms with van der Waals surface area (Å²) in [5, 5.41) is 12.6. The highest BCUT2D eigenvalue weighted by Gasteiger charge is 2.47. The van der Waals surface area contributed by atoms with E-state index in [0.717, 1.165) is 0 Å². The molecule has 0 saturated carbocycles. The van der Waals surface area contributed by atoms with E-state index in [2.05, 4.69) is 5.32 Å². The largest absolute Gasteiger partial charge is 0.508 e. The first-order valence-electron chi connectivity index (χ1n) is 6.85. The van der Waals surface area contributed by atoms with E-state index in [1.807, 2.05) is 0 Å². The molecule has 1 aromatic carbocycles. The van der Waals surface area contributed by atoms with Crippen molar-refractivity contribution in [2.45, 2.75) is 12.2 Å². The molecule has 1 fully saturated rings. The van der Waals surface area contributed by atoms with Crippen LogP contribution in [0.5, 0.6) is 17.2 Å². The third kappa shape index (κ3) is 4.33. The number of piperazine rings is 1. The van der Waals surface area contributed by atoms with Crippen LogP contribution in [0.15, 0.2) is 12.1 Å². The Balaban J connectivity index is 0.00000264. The lowest BCUT2D eigenvalue weighted by molar-refractivity contribution is -0.188. The number of nitrogens with one attached hydrogen (secondary N) is 1. The second kappa shape index (κ2) is 7.94. The highest BCUT2D eigenvalue weighted by molar-refractivity contribution is 5.85. The average Bonchev–Trinajstić information content (AvgIpc) is 2.48. The molecule has 0 aromatic heterocycles. The van der Waals surface area contributed by atoms with Gasteiger partial charge in [-0.3, -0.25) is 4.90 Å². The summed E-state index contributed by atoms with van der Waals surface area (Å²) in [6.07, 6.45) is -4.49. The second-order valence-electron chi connectivity index (χ2n) is 4.99. The molecule has 5 nitrogen and oxygen atoms in total. The Morgan fingerprint density at radius 1 is 1.13 bits per heavy atom. The van der Waals surface area contributed by atoms with Gasteiger partial charge in [-0.15, -0.1) is 12.4 Å². The molecule has 1 atom stereocenters. The summed E-state index contributed by atoms with van der Waals surface area (Å²) in [5.41, 5.74) is -0.114. The lowest BCUT2D eigenvalue weighted by atomic mass is 10.0. The van der Waals surface area contributed by atoms with Gasteiger partial charge in [0.25, 0.3) is 0 Å². The first kappa shape index (κ1) is 19.7. The van der Waals surface area contributed by atoms with Gasteiger partial charge in [-0.2, -0.15) is 13.2 Å². The van der Waals surface area contributed by atoms with Crippen LogP contribution in [0.2, 0.25) is 0 Å². The van der Waals surface area contributed by atoms with Crippen molar-refractivity contribution in [2.24, 2.45) is 0 Å². The van der Waals surface area contributed by atoms with Crippen LogP contribution < -0.4 is 14.8 Å². The number of phenolic OH excluding ortho intramolecular Hbond substituents is 1. The smallest absolute Gasteiger partial charge is 0.408 e. The number of halogens is 4. The van der Waals surface area contributed by atoms with E-state index >= 15 is 0 Å². The quantitative estimate of drug-likeness (QED) is 0.867. The number of methoxy groups -OCH3 is 2. The van der Waals surface area contributed by atoms with Gasteiger partial charge < -0.3 is 19.9 Å². The van der Waals surface area contributed by atoms with Gasteiger partial charge in [-0.1, -0.05) is 0 Å². The fourth-order valence-electron chi connectivity index (χ4n) is 2.69. The first-order valence-corrected chi connectivity index (χ1v) is 6.85. The predicted octanol–water partition coefficient (Wildman–Crippen LogP) is 2.34. The van der Waals surface area contributed by atoms with Crippen LogP contribution in [-0.2, 0) is 0 Å². The molecule has 0 aliphatic carbocycles. The zero-order valence-corrected chi connectivity index (χ0v) is 13.6. The fraction of sp³-hybridized carbons (Fsp3) is 0.571. The molecule has 9 heteroatoms. The molecular weight excluding hydrogens is 337 g/mol. The number of rotatable bonds is 4. The standard InChI is InChI=1S/C14H19F3N2O3.ClH/c1-21-10-7-9(20)8-11(22-2)12(10)13(14(15,16)17)19-5-3-18-4-6-19;/h7-8,13,18,20H,3-6H2,1-2H3;1H/t13-;/m1./s1. The Hall–Kier alpha value is -1.38. The van der Waals surface area contributed by atoms with Crippen molar-refractivity contribution in [1.29, 1.82) is 0 Å². The van der Waals surface area contributed by atoms with E-state index < -0.39 is 12.2 Å². The first-order chi connectivity index (χ1) is 10.4. The monoisotopic (exact) mass is 356 g/mol. The number of nitrogens with zero attached hydrogens (tertiary/aromatic N) is 1. The summed E-state index contributed by atoms with van der Waals surface area (Å²) >= 11 is 0. The number of hydrogen-bond acceptors (Lipinski definition) is 5. The topological polar surface area (TPSA) is 54.0 Å². The van der Waals surface area contributed by atoms with Crippen LogP contribution >= 0.6 is 12.4 Å². The van der Waals surface area contributed by atoms with E-state index in [1.54, 1.807) is 0 Å². The summed E-state index contributed by atoms with van der Waals surface area (Å²) in [4.78, 5) is 1.34. The van der Waals surface area contributed by atoms with E-state index in [1.165, 1.54) is 31.3 Å². The van der Waals surface area contributed by atoms with Crippen molar-refractivity contribution in [1.82, 2.24) is 10.2 Å². The van der Waals surface area contributed by atoms with Gasteiger partial charge in [0.15, 0.2) is 0 Å². The summed E-state index contributed by atoms with van der Waals surface area (Å²) in [7, 11) is 2.53. The number of ether oxygens (including phenoxy) is 2. The number of aromatic hydroxyl groups is 1. The van der Waals surface area contributed by atoms with Gasteiger partial charge in [0.2, 0.25) is 0 Å². The molecule has 0 bridgehead atoms. The molecule has 1 saturated heterocycles. The second-order valence-corrected chi connectivity index (χ2v) is 4.99. The molecule has 0 spiro atoms. The SMILES string of the molecule is COc1cc(O)cc(OC)c1[C@@H](N1CCNCC1)C(F)(F)F.Cl. The number of alkyl halides is 3. The Morgan fingerprint density at radius 3 is 2.00 bits per heavy atom. The maximum absolute atomic E-state index is 13.7. The van der Waals surface area contributed by atoms with Crippen molar-refractivity contribution >= 4 is 12.4 Å². The zero-order valence-electron chi connectivity index (χ0n) is 12.8. The average molecular weight is 357 g/mol. The predicted molar refractivity (Wildman–Crippen MR) is 81.7 cm³/mol. The number of hydrogen-bond donors (Lipinski definition) is 2. The van der Waals surface area contributed by atoms with E-state index in [9.17, 15) is 18.3 Å². The lowest BCUT2D eigenvalue weighted by Gasteiger charge is -2.37. The molecule has 0 amide bonds. The molecular formula is C14H20ClF3N2O3. The van der Waals surface area contributed by atoms with E-state index in [4.69, 9.17) is 9.47 Å². The minimum atomic E-state index is -4.49. The van der Waals surface area contributed by atoms with Crippen molar-refractivity contribution in [3.05, 3.63) is 17.7 Å². The van der Waals surface area contributed by atoms with Gasteiger partial charge in [0, 0.05) is 38.3 Å². The lowest BCUT2D eigenvalue weighted by Crippen LogP contribution is -2.49. The summed E-state index contributed by atoms with van der Waals surface area (Å²) in [6, 6.07) is 0.484. The minimum Gasteiger partial charge on any atom is -0.508 e. The normalized spacial score (nSPS) is 17.3. The molecule has 23 heavy (non-hydrogen) atoms. The molecule has 0 radical (unpaired) electrons. The maximum atomic E-state index is 13.7. The molecule has 1 aliphatic rings. The molecule has 1 heterocycles. The zero-order chi connectivity index (χ0) is 16.3. The van der Waals surface area contributed by atoms with Crippen LogP contribution in [0.4, 0.5) is 13.2 Å². The Labute approximate surface area is 138 Å². The summed E-state index contributed by atoms with van der Waals surface area (Å²) < 4.78 is 51.2. The Bertz CT molecular complexity index is 497. The van der Waals surface area contributed by atoms with E-state index in [0.29, 0.717) is 13.1 Å². The number of benzene rings is 1. The van der Waals surface area contributed by atoms with Gasteiger partial charge >= 0.3 is 6.18 Å². The Kier molecular flexibility index (Phi) is 6.79. The molecule has 2 N–H and O–H groups in total. The Morgan fingerprint density at radius 2 is 1.61 bits per heavy atom. The van der Waals surface area contributed by atoms with Crippen molar-refractivity contribution in [3.8, 4) is 17.2 Å². The van der Waals surface area contributed by atoms with E-state index in [-0.39, 0.29) is 48.3 Å². The highest BCUT2D eigenvalue weighted by atomic mass is 35.5. The van der Waals surface area contributed by atoms with Gasteiger partial charge in [0.05, 0.1) is 19.8 Å². The maximum Gasteiger partial charge on any atom is 0.408 e. The van der Waals surface area contributed by atoms with Crippen LogP contribution in [0, 0.1) is 0 Å². The molecule has 1 aromatic rings. The van der Waals surface area contributed by atoms with Gasteiger partial charge in [-0.05, 0) is 0 Å². The van der Waals surface area contributed by atoms with Crippen molar-refractivity contribution in [2.75, 3.05) is 40.4 Å². The molecule has 0 unspecified atom stereocenters. The van der Waals surface area contributed by atoms with Gasteiger partial charge in [0.1, 0.15) is 23.3 Å².